The number of rotatable bonds is 6. The number of aliphatic hydroxyl groups is 1. The van der Waals surface area contributed by atoms with E-state index in [4.69, 9.17) is 11.6 Å². The Kier molecular flexibility index (Phi) is 7.54. The van der Waals surface area contributed by atoms with Gasteiger partial charge in [0.25, 0.3) is 0 Å². The highest BCUT2D eigenvalue weighted by Crippen LogP contribution is 2.48. The van der Waals surface area contributed by atoms with Crippen molar-refractivity contribution in [2.45, 2.75) is 62.0 Å². The second kappa shape index (κ2) is 11.1. The van der Waals surface area contributed by atoms with Crippen LogP contribution in [0.3, 0.4) is 0 Å². The summed E-state index contributed by atoms with van der Waals surface area (Å²) in [5.74, 6) is 0.393. The Morgan fingerprint density at radius 3 is 1.90 bits per heavy atom. The molecule has 0 radical (unpaired) electrons. The van der Waals surface area contributed by atoms with Crippen LogP contribution in [-0.4, -0.2) is 53.0 Å². The summed E-state index contributed by atoms with van der Waals surface area (Å²) in [6.45, 7) is 3.21. The third kappa shape index (κ3) is 4.92. The Morgan fingerprint density at radius 1 is 0.769 bits per heavy atom. The predicted molar refractivity (Wildman–Crippen MR) is 157 cm³/mol. The average Bonchev–Trinajstić information content (AvgIpc) is 3.28. The number of carbonyl (C=O) groups excluding carboxylic acids is 1. The minimum Gasteiger partial charge on any atom is -0.385 e. The van der Waals surface area contributed by atoms with Crippen LogP contribution in [0.4, 0.5) is 0 Å². The summed E-state index contributed by atoms with van der Waals surface area (Å²) >= 11 is 6.10. The molecule has 3 aromatic rings. The van der Waals surface area contributed by atoms with Crippen LogP contribution in [-0.2, 0) is 15.8 Å². The summed E-state index contributed by atoms with van der Waals surface area (Å²) in [5, 5.41) is 12.2. The van der Waals surface area contributed by atoms with Crippen molar-refractivity contribution in [3.63, 3.8) is 0 Å². The molecule has 204 valence electrons. The summed E-state index contributed by atoms with van der Waals surface area (Å²) in [6, 6.07) is 28.9. The minimum absolute atomic E-state index is 0.124. The summed E-state index contributed by atoms with van der Waals surface area (Å²) in [7, 11) is 0. The fourth-order valence-corrected chi connectivity index (χ4v) is 7.64. The van der Waals surface area contributed by atoms with Crippen LogP contribution in [0.25, 0.3) is 0 Å². The van der Waals surface area contributed by atoms with Crippen LogP contribution in [0.5, 0.6) is 0 Å². The number of hydrogen-bond donors (Lipinski definition) is 1. The van der Waals surface area contributed by atoms with Crippen LogP contribution in [0.15, 0.2) is 84.9 Å². The molecule has 0 spiro atoms. The van der Waals surface area contributed by atoms with Gasteiger partial charge < -0.3 is 14.9 Å². The zero-order chi connectivity index (χ0) is 26.9. The number of likely N-dealkylation sites (tertiary alicyclic amines) is 2. The third-order valence-electron chi connectivity index (χ3n) is 9.64. The van der Waals surface area contributed by atoms with Crippen molar-refractivity contribution < 1.29 is 9.90 Å². The topological polar surface area (TPSA) is 43.8 Å². The van der Waals surface area contributed by atoms with E-state index in [0.717, 1.165) is 55.7 Å². The lowest BCUT2D eigenvalue weighted by Gasteiger charge is -2.42. The maximum Gasteiger partial charge on any atom is 0.238 e. The first kappa shape index (κ1) is 26.6. The van der Waals surface area contributed by atoms with Crippen LogP contribution in [0, 0.1) is 5.92 Å². The second-order valence-electron chi connectivity index (χ2n) is 11.8. The van der Waals surface area contributed by atoms with Gasteiger partial charge in [0.1, 0.15) is 5.41 Å². The molecule has 1 saturated carbocycles. The van der Waals surface area contributed by atoms with Gasteiger partial charge in [-0.25, -0.2) is 0 Å². The summed E-state index contributed by atoms with van der Waals surface area (Å²) in [4.78, 5) is 19.5. The maximum absolute atomic E-state index is 14.8. The normalized spacial score (nSPS) is 23.7. The smallest absolute Gasteiger partial charge is 0.238 e. The van der Waals surface area contributed by atoms with Gasteiger partial charge in [-0.3, -0.25) is 4.79 Å². The maximum atomic E-state index is 14.8. The van der Waals surface area contributed by atoms with Crippen LogP contribution >= 0.6 is 11.6 Å². The number of piperidine rings is 1. The van der Waals surface area contributed by atoms with Gasteiger partial charge in [0.2, 0.25) is 5.91 Å². The molecule has 0 aromatic heterocycles. The number of halogens is 1. The molecular weight excluding hydrogens is 504 g/mol. The molecule has 1 amide bonds. The lowest BCUT2D eigenvalue weighted by Crippen LogP contribution is -2.49. The molecule has 0 bridgehead atoms. The zero-order valence-electron chi connectivity index (χ0n) is 22.6. The average molecular weight is 543 g/mol. The monoisotopic (exact) mass is 542 g/mol. The van der Waals surface area contributed by atoms with Gasteiger partial charge in [0.05, 0.1) is 5.60 Å². The van der Waals surface area contributed by atoms with Crippen molar-refractivity contribution in [2.24, 2.45) is 5.92 Å². The van der Waals surface area contributed by atoms with Gasteiger partial charge in [0, 0.05) is 43.2 Å². The van der Waals surface area contributed by atoms with Crippen molar-refractivity contribution in [2.75, 3.05) is 26.2 Å². The van der Waals surface area contributed by atoms with E-state index < -0.39 is 11.0 Å². The van der Waals surface area contributed by atoms with E-state index in [1.807, 2.05) is 36.4 Å². The van der Waals surface area contributed by atoms with E-state index in [2.05, 4.69) is 58.3 Å². The second-order valence-corrected chi connectivity index (χ2v) is 12.3. The Labute approximate surface area is 237 Å². The molecule has 3 fully saturated rings. The largest absolute Gasteiger partial charge is 0.385 e. The minimum atomic E-state index is -0.837. The first-order valence-corrected chi connectivity index (χ1v) is 15.0. The highest BCUT2D eigenvalue weighted by Gasteiger charge is 2.57. The van der Waals surface area contributed by atoms with Gasteiger partial charge in [-0.15, -0.1) is 0 Å². The first-order chi connectivity index (χ1) is 19.0. The third-order valence-corrected chi connectivity index (χ3v) is 9.90. The van der Waals surface area contributed by atoms with Gasteiger partial charge in [0.15, 0.2) is 0 Å². The molecule has 1 unspecified atom stereocenters. The number of nitrogens with zero attached hydrogens (tertiary/aromatic N) is 2. The Morgan fingerprint density at radius 2 is 1.33 bits per heavy atom. The highest BCUT2D eigenvalue weighted by atomic mass is 35.5. The quantitative estimate of drug-likeness (QED) is 0.392. The number of benzene rings is 3. The summed E-state index contributed by atoms with van der Waals surface area (Å²) < 4.78 is 0. The number of hydrogen-bond acceptors (Lipinski definition) is 3. The van der Waals surface area contributed by atoms with E-state index in [1.54, 1.807) is 0 Å². The first-order valence-electron chi connectivity index (χ1n) is 14.6. The molecule has 5 heteroatoms. The molecule has 2 saturated heterocycles. The molecule has 1 aliphatic carbocycles. The van der Waals surface area contributed by atoms with Crippen molar-refractivity contribution in [1.82, 2.24) is 9.80 Å². The summed E-state index contributed by atoms with van der Waals surface area (Å²) in [6.07, 6.45) is 7.24. The van der Waals surface area contributed by atoms with Gasteiger partial charge in [-0.05, 0) is 54.5 Å². The molecule has 4 nitrogen and oxygen atoms in total. The zero-order valence-corrected chi connectivity index (χ0v) is 23.4. The molecule has 1 N–H and O–H groups in total. The number of carbonyl (C=O) groups is 1. The van der Waals surface area contributed by atoms with E-state index in [-0.39, 0.29) is 11.8 Å². The molecule has 2 heterocycles. The Balaban J connectivity index is 1.32. The molecule has 39 heavy (non-hydrogen) atoms. The lowest BCUT2D eigenvalue weighted by molar-refractivity contribution is -0.134. The Bertz CT molecular complexity index is 1210. The SMILES string of the molecule is O=C1N(C2CCCCC2)CC(CN2CCC(O)(c3ccc(Cl)cc3)CC2)C1(c1ccccc1)c1ccccc1. The van der Waals surface area contributed by atoms with E-state index in [1.165, 1.54) is 19.3 Å². The van der Waals surface area contributed by atoms with Crippen LogP contribution < -0.4 is 0 Å². The number of amides is 1. The standard InChI is InChI=1S/C34H39ClN2O2/c35-30-18-16-26(17-19-30)33(39)20-22-36(23-21-33)24-29-25-37(31-14-8-3-9-15-31)32(38)34(29,27-10-4-1-5-11-27)28-12-6-2-7-13-28/h1-2,4-7,10-13,16-19,29,31,39H,3,8-9,14-15,20-25H2. The fourth-order valence-electron chi connectivity index (χ4n) is 7.51. The van der Waals surface area contributed by atoms with Crippen molar-refractivity contribution in [3.05, 3.63) is 107 Å². The lowest BCUT2D eigenvalue weighted by atomic mass is 9.66. The van der Waals surface area contributed by atoms with Crippen molar-refractivity contribution in [1.29, 1.82) is 0 Å². The van der Waals surface area contributed by atoms with Gasteiger partial charge in [-0.1, -0.05) is 104 Å². The summed E-state index contributed by atoms with van der Waals surface area (Å²) in [5.41, 5.74) is 1.59. The molecule has 2 aliphatic heterocycles. The van der Waals surface area contributed by atoms with Gasteiger partial charge in [-0.2, -0.15) is 0 Å². The van der Waals surface area contributed by atoms with E-state index in [0.29, 0.717) is 23.9 Å². The Hall–Kier alpha value is -2.66. The molecule has 3 aliphatic rings. The molecular formula is C34H39ClN2O2. The molecule has 1 atom stereocenters. The molecule has 6 rings (SSSR count). The molecule has 3 aromatic carbocycles. The van der Waals surface area contributed by atoms with E-state index >= 15 is 0 Å². The van der Waals surface area contributed by atoms with Gasteiger partial charge >= 0.3 is 0 Å². The fraction of sp³-hybridized carbons (Fsp3) is 0.441. The van der Waals surface area contributed by atoms with Crippen LogP contribution in [0.2, 0.25) is 5.02 Å². The van der Waals surface area contributed by atoms with Crippen molar-refractivity contribution in [3.8, 4) is 0 Å². The van der Waals surface area contributed by atoms with E-state index in [9.17, 15) is 9.90 Å². The van der Waals surface area contributed by atoms with Crippen molar-refractivity contribution >= 4 is 17.5 Å². The predicted octanol–water partition coefficient (Wildman–Crippen LogP) is 6.40. The highest BCUT2D eigenvalue weighted by molar-refractivity contribution is 6.30. The van der Waals surface area contributed by atoms with Crippen LogP contribution in [0.1, 0.15) is 61.6 Å².